The second-order valence-electron chi connectivity index (χ2n) is 4.47. The van der Waals surface area contributed by atoms with Gasteiger partial charge in [0.05, 0.1) is 12.8 Å². The molecule has 0 spiro atoms. The van der Waals surface area contributed by atoms with Crippen molar-refractivity contribution in [3.8, 4) is 5.75 Å². The van der Waals surface area contributed by atoms with E-state index < -0.39 is 0 Å². The molecule has 17 heavy (non-hydrogen) atoms. The summed E-state index contributed by atoms with van der Waals surface area (Å²) in [5.74, 6) is 0.898. The summed E-state index contributed by atoms with van der Waals surface area (Å²) in [5.41, 5.74) is 2.30. The van der Waals surface area contributed by atoms with E-state index >= 15 is 0 Å². The number of ether oxygens (including phenoxy) is 1. The van der Waals surface area contributed by atoms with Crippen LogP contribution < -0.4 is 15.4 Å². The Balaban J connectivity index is 2.08. The van der Waals surface area contributed by atoms with Crippen LogP contribution in [0.3, 0.4) is 0 Å². The Morgan fingerprint density at radius 1 is 1.53 bits per heavy atom. The number of aryl methyl sites for hydroxylation is 1. The zero-order valence-electron chi connectivity index (χ0n) is 10.3. The highest BCUT2D eigenvalue weighted by Gasteiger charge is 2.15. The van der Waals surface area contributed by atoms with Crippen LogP contribution in [0, 0.1) is 6.92 Å². The molecule has 0 bridgehead atoms. The van der Waals surface area contributed by atoms with Gasteiger partial charge in [0.2, 0.25) is 0 Å². The minimum absolute atomic E-state index is 0.586. The molecular formula is C13H19BrN2O. The average Bonchev–Trinajstić information content (AvgIpc) is 2.79. The van der Waals surface area contributed by atoms with Crippen molar-refractivity contribution in [3.63, 3.8) is 0 Å². The Kier molecular flexibility index (Phi) is 4.29. The lowest BCUT2D eigenvalue weighted by molar-refractivity contribution is 0.415. The van der Waals surface area contributed by atoms with Gasteiger partial charge in [-0.15, -0.1) is 0 Å². The molecule has 0 amide bonds. The molecule has 1 unspecified atom stereocenters. The maximum absolute atomic E-state index is 5.41. The molecule has 2 rings (SSSR count). The van der Waals surface area contributed by atoms with E-state index in [4.69, 9.17) is 4.74 Å². The molecule has 1 saturated heterocycles. The Morgan fingerprint density at radius 2 is 2.35 bits per heavy atom. The number of halogens is 1. The summed E-state index contributed by atoms with van der Waals surface area (Å²) in [5, 5.41) is 6.98. The van der Waals surface area contributed by atoms with E-state index in [-0.39, 0.29) is 0 Å². The number of hydrogen-bond acceptors (Lipinski definition) is 3. The average molecular weight is 299 g/mol. The second kappa shape index (κ2) is 5.74. The third-order valence-corrected chi connectivity index (χ3v) is 3.63. The molecule has 1 aromatic carbocycles. The standard InChI is InChI=1S/C13H19BrN2O/c1-9-6-10(14)7-12(17-2)13(9)16-8-11-4-3-5-15-11/h6-7,11,15-16H,3-5,8H2,1-2H3. The molecule has 3 nitrogen and oxygen atoms in total. The van der Waals surface area contributed by atoms with Gasteiger partial charge in [-0.05, 0) is 44.0 Å². The van der Waals surface area contributed by atoms with Crippen LogP contribution in [-0.4, -0.2) is 26.2 Å². The Labute approximate surface area is 111 Å². The maximum Gasteiger partial charge on any atom is 0.143 e. The van der Waals surface area contributed by atoms with E-state index in [1.165, 1.54) is 18.4 Å². The predicted molar refractivity (Wildman–Crippen MR) is 74.9 cm³/mol. The molecule has 0 radical (unpaired) electrons. The molecule has 1 fully saturated rings. The SMILES string of the molecule is COc1cc(Br)cc(C)c1NCC1CCCN1. The van der Waals surface area contributed by atoms with Crippen molar-refractivity contribution in [3.05, 3.63) is 22.2 Å². The molecular weight excluding hydrogens is 280 g/mol. The fourth-order valence-corrected chi connectivity index (χ4v) is 2.81. The largest absolute Gasteiger partial charge is 0.495 e. The van der Waals surface area contributed by atoms with Gasteiger partial charge in [0.1, 0.15) is 5.75 Å². The molecule has 4 heteroatoms. The quantitative estimate of drug-likeness (QED) is 0.897. The smallest absolute Gasteiger partial charge is 0.143 e. The lowest BCUT2D eigenvalue weighted by Gasteiger charge is -2.17. The van der Waals surface area contributed by atoms with Gasteiger partial charge in [0.25, 0.3) is 0 Å². The van der Waals surface area contributed by atoms with E-state index in [2.05, 4.69) is 39.6 Å². The minimum atomic E-state index is 0.586. The first-order chi connectivity index (χ1) is 8.20. The molecule has 1 aliphatic heterocycles. The Hall–Kier alpha value is -0.740. The normalized spacial score (nSPS) is 19.4. The monoisotopic (exact) mass is 298 g/mol. The third-order valence-electron chi connectivity index (χ3n) is 3.17. The van der Waals surface area contributed by atoms with Crippen molar-refractivity contribution in [1.82, 2.24) is 5.32 Å². The highest BCUT2D eigenvalue weighted by Crippen LogP contribution is 2.32. The number of rotatable bonds is 4. The lowest BCUT2D eigenvalue weighted by Crippen LogP contribution is -2.29. The van der Waals surface area contributed by atoms with E-state index in [9.17, 15) is 0 Å². The van der Waals surface area contributed by atoms with Crippen LogP contribution in [0.1, 0.15) is 18.4 Å². The number of anilines is 1. The van der Waals surface area contributed by atoms with Gasteiger partial charge in [-0.1, -0.05) is 15.9 Å². The van der Waals surface area contributed by atoms with Crippen LogP contribution in [0.2, 0.25) is 0 Å². The summed E-state index contributed by atoms with van der Waals surface area (Å²) in [4.78, 5) is 0. The molecule has 94 valence electrons. The van der Waals surface area contributed by atoms with Crippen LogP contribution in [-0.2, 0) is 0 Å². The molecule has 1 heterocycles. The van der Waals surface area contributed by atoms with Gasteiger partial charge >= 0.3 is 0 Å². The van der Waals surface area contributed by atoms with Crippen molar-refractivity contribution in [2.75, 3.05) is 25.5 Å². The van der Waals surface area contributed by atoms with Gasteiger partial charge < -0.3 is 15.4 Å². The van der Waals surface area contributed by atoms with Crippen LogP contribution >= 0.6 is 15.9 Å². The van der Waals surface area contributed by atoms with Crippen molar-refractivity contribution in [2.45, 2.75) is 25.8 Å². The summed E-state index contributed by atoms with van der Waals surface area (Å²) in [7, 11) is 1.71. The highest BCUT2D eigenvalue weighted by molar-refractivity contribution is 9.10. The predicted octanol–water partition coefficient (Wildman–Crippen LogP) is 2.93. The second-order valence-corrected chi connectivity index (χ2v) is 5.39. The van der Waals surface area contributed by atoms with Crippen LogP contribution in [0.4, 0.5) is 5.69 Å². The molecule has 0 saturated carbocycles. The summed E-state index contributed by atoms with van der Waals surface area (Å²) in [6, 6.07) is 4.69. The summed E-state index contributed by atoms with van der Waals surface area (Å²) >= 11 is 3.49. The van der Waals surface area contributed by atoms with Gasteiger partial charge in [0.15, 0.2) is 0 Å². The van der Waals surface area contributed by atoms with E-state index in [0.717, 1.165) is 29.0 Å². The number of hydrogen-bond donors (Lipinski definition) is 2. The fourth-order valence-electron chi connectivity index (χ4n) is 2.26. The molecule has 0 aromatic heterocycles. The molecule has 1 aromatic rings. The van der Waals surface area contributed by atoms with Crippen molar-refractivity contribution in [2.24, 2.45) is 0 Å². The molecule has 0 aliphatic carbocycles. The zero-order chi connectivity index (χ0) is 12.3. The van der Waals surface area contributed by atoms with E-state index in [1.807, 2.05) is 6.07 Å². The zero-order valence-corrected chi connectivity index (χ0v) is 11.9. The van der Waals surface area contributed by atoms with Gasteiger partial charge in [-0.3, -0.25) is 0 Å². The highest BCUT2D eigenvalue weighted by atomic mass is 79.9. The maximum atomic E-state index is 5.41. The van der Waals surface area contributed by atoms with E-state index in [1.54, 1.807) is 7.11 Å². The van der Waals surface area contributed by atoms with Crippen LogP contribution in [0.25, 0.3) is 0 Å². The first-order valence-corrected chi connectivity index (χ1v) is 6.81. The van der Waals surface area contributed by atoms with Crippen molar-refractivity contribution >= 4 is 21.6 Å². The van der Waals surface area contributed by atoms with Crippen LogP contribution in [0.15, 0.2) is 16.6 Å². The third kappa shape index (κ3) is 3.13. The van der Waals surface area contributed by atoms with Gasteiger partial charge in [-0.2, -0.15) is 0 Å². The first-order valence-electron chi connectivity index (χ1n) is 6.02. The summed E-state index contributed by atoms with van der Waals surface area (Å²) in [6.07, 6.45) is 2.54. The number of nitrogens with one attached hydrogen (secondary N) is 2. The van der Waals surface area contributed by atoms with Crippen molar-refractivity contribution < 1.29 is 4.74 Å². The minimum Gasteiger partial charge on any atom is -0.495 e. The molecule has 1 aliphatic rings. The summed E-state index contributed by atoms with van der Waals surface area (Å²) < 4.78 is 6.46. The fraction of sp³-hybridized carbons (Fsp3) is 0.538. The lowest BCUT2D eigenvalue weighted by atomic mass is 10.1. The topological polar surface area (TPSA) is 33.3 Å². The molecule has 2 N–H and O–H groups in total. The van der Waals surface area contributed by atoms with Crippen LogP contribution in [0.5, 0.6) is 5.75 Å². The van der Waals surface area contributed by atoms with Gasteiger partial charge in [0, 0.05) is 17.1 Å². The summed E-state index contributed by atoms with van der Waals surface area (Å²) in [6.45, 7) is 4.19. The molecule has 1 atom stereocenters. The first kappa shape index (κ1) is 12.7. The number of methoxy groups -OCH3 is 1. The number of benzene rings is 1. The Bertz CT molecular complexity index is 389. The van der Waals surface area contributed by atoms with Gasteiger partial charge in [-0.25, -0.2) is 0 Å². The Morgan fingerprint density at radius 3 is 3.00 bits per heavy atom. The van der Waals surface area contributed by atoms with Crippen molar-refractivity contribution in [1.29, 1.82) is 0 Å². The van der Waals surface area contributed by atoms with E-state index in [0.29, 0.717) is 6.04 Å².